The van der Waals surface area contributed by atoms with E-state index < -0.39 is 0 Å². The molecule has 3 rings (SSSR count). The Morgan fingerprint density at radius 2 is 1.77 bits per heavy atom. The lowest BCUT2D eigenvalue weighted by atomic mass is 10.1. The maximum absolute atomic E-state index is 9.06. The molecule has 0 amide bonds. The molecule has 1 aliphatic rings. The van der Waals surface area contributed by atoms with Crippen molar-refractivity contribution in [1.82, 2.24) is 0 Å². The fourth-order valence-corrected chi connectivity index (χ4v) is 2.32. The van der Waals surface area contributed by atoms with Crippen LogP contribution in [0, 0.1) is 11.3 Å². The molecule has 4 heteroatoms. The molecular formula is C18H17NO3. The second kappa shape index (κ2) is 7.08. The van der Waals surface area contributed by atoms with E-state index in [0.717, 1.165) is 36.5 Å². The molecule has 112 valence electrons. The van der Waals surface area contributed by atoms with Crippen LogP contribution in [0.25, 0.3) is 0 Å². The third-order valence-electron chi connectivity index (χ3n) is 3.51. The maximum Gasteiger partial charge on any atom is 0.183 e. The second-order valence-corrected chi connectivity index (χ2v) is 5.05. The molecule has 1 aliphatic heterocycles. The number of nitriles is 1. The molecule has 4 nitrogen and oxygen atoms in total. The average molecular weight is 295 g/mol. The van der Waals surface area contributed by atoms with Crippen LogP contribution in [0.5, 0.6) is 5.75 Å². The van der Waals surface area contributed by atoms with Crippen LogP contribution in [0.4, 0.5) is 0 Å². The number of benzene rings is 2. The molecule has 0 unspecified atom stereocenters. The van der Waals surface area contributed by atoms with E-state index in [1.165, 1.54) is 0 Å². The summed E-state index contributed by atoms with van der Waals surface area (Å²) in [5, 5.41) is 9.06. The Labute approximate surface area is 129 Å². The van der Waals surface area contributed by atoms with Gasteiger partial charge in [0, 0.05) is 11.1 Å². The van der Waals surface area contributed by atoms with E-state index in [1.54, 1.807) is 6.07 Å². The van der Waals surface area contributed by atoms with Crippen molar-refractivity contribution in [2.75, 3.05) is 13.2 Å². The molecule has 0 saturated carbocycles. The second-order valence-electron chi connectivity index (χ2n) is 5.05. The van der Waals surface area contributed by atoms with E-state index in [1.807, 2.05) is 42.5 Å². The zero-order valence-corrected chi connectivity index (χ0v) is 12.2. The first kappa shape index (κ1) is 14.6. The minimum absolute atomic E-state index is 0.276. The lowest BCUT2D eigenvalue weighted by Gasteiger charge is -2.23. The van der Waals surface area contributed by atoms with Crippen LogP contribution in [-0.4, -0.2) is 13.2 Å². The maximum atomic E-state index is 9.06. The van der Waals surface area contributed by atoms with Crippen LogP contribution in [0.15, 0.2) is 48.5 Å². The molecule has 1 saturated heterocycles. The van der Waals surface area contributed by atoms with Crippen LogP contribution in [-0.2, 0) is 16.1 Å². The molecule has 2 aromatic carbocycles. The standard InChI is InChI=1S/C18H17NO3/c19-12-15-4-1-2-5-16(15)13-22-17-8-6-14(7-9-17)18-20-10-3-11-21-18/h1-2,4-9,18H,3,10-11,13H2. The van der Waals surface area contributed by atoms with Gasteiger partial charge in [-0.1, -0.05) is 30.3 Å². The molecule has 0 bridgehead atoms. The number of hydrogen-bond acceptors (Lipinski definition) is 4. The summed E-state index contributed by atoms with van der Waals surface area (Å²) >= 11 is 0. The molecule has 22 heavy (non-hydrogen) atoms. The van der Waals surface area contributed by atoms with Gasteiger partial charge in [-0.15, -0.1) is 0 Å². The van der Waals surface area contributed by atoms with Gasteiger partial charge in [0.2, 0.25) is 0 Å². The Kier molecular flexibility index (Phi) is 4.69. The highest BCUT2D eigenvalue weighted by atomic mass is 16.7. The molecule has 0 spiro atoms. The topological polar surface area (TPSA) is 51.5 Å². The van der Waals surface area contributed by atoms with Crippen molar-refractivity contribution >= 4 is 0 Å². The summed E-state index contributed by atoms with van der Waals surface area (Å²) < 4.78 is 16.9. The molecule has 0 N–H and O–H groups in total. The van der Waals surface area contributed by atoms with Crippen molar-refractivity contribution in [3.8, 4) is 11.8 Å². The smallest absolute Gasteiger partial charge is 0.183 e. The van der Waals surface area contributed by atoms with Crippen molar-refractivity contribution in [1.29, 1.82) is 5.26 Å². The van der Waals surface area contributed by atoms with Crippen LogP contribution in [0.2, 0.25) is 0 Å². The highest BCUT2D eigenvalue weighted by molar-refractivity contribution is 5.37. The van der Waals surface area contributed by atoms with E-state index in [0.29, 0.717) is 12.2 Å². The quantitative estimate of drug-likeness (QED) is 0.865. The van der Waals surface area contributed by atoms with Gasteiger partial charge in [-0.05, 0) is 24.6 Å². The summed E-state index contributed by atoms with van der Waals surface area (Å²) in [5.74, 6) is 0.757. The first-order valence-electron chi connectivity index (χ1n) is 7.31. The monoisotopic (exact) mass is 295 g/mol. The fraction of sp³-hybridized carbons (Fsp3) is 0.278. The summed E-state index contributed by atoms with van der Waals surface area (Å²) in [6, 6.07) is 17.3. The highest BCUT2D eigenvalue weighted by Gasteiger charge is 2.16. The van der Waals surface area contributed by atoms with E-state index >= 15 is 0 Å². The summed E-state index contributed by atoms with van der Waals surface area (Å²) in [5.41, 5.74) is 2.51. The largest absolute Gasteiger partial charge is 0.489 e. The molecular weight excluding hydrogens is 278 g/mol. The van der Waals surface area contributed by atoms with Gasteiger partial charge in [-0.2, -0.15) is 5.26 Å². The van der Waals surface area contributed by atoms with Gasteiger partial charge >= 0.3 is 0 Å². The molecule has 0 aliphatic carbocycles. The zero-order valence-electron chi connectivity index (χ0n) is 12.2. The highest BCUT2D eigenvalue weighted by Crippen LogP contribution is 2.25. The third kappa shape index (κ3) is 3.45. The number of ether oxygens (including phenoxy) is 3. The van der Waals surface area contributed by atoms with Crippen molar-refractivity contribution in [3.63, 3.8) is 0 Å². The Hall–Kier alpha value is -2.35. The first-order chi connectivity index (χ1) is 10.9. The van der Waals surface area contributed by atoms with Gasteiger partial charge in [-0.3, -0.25) is 0 Å². The minimum atomic E-state index is -0.276. The van der Waals surface area contributed by atoms with Crippen molar-refractivity contribution in [2.24, 2.45) is 0 Å². The van der Waals surface area contributed by atoms with Gasteiger partial charge in [-0.25, -0.2) is 0 Å². The fourth-order valence-electron chi connectivity index (χ4n) is 2.32. The van der Waals surface area contributed by atoms with Gasteiger partial charge < -0.3 is 14.2 Å². The van der Waals surface area contributed by atoms with Gasteiger partial charge in [0.05, 0.1) is 24.8 Å². The molecule has 1 heterocycles. The SMILES string of the molecule is N#Cc1ccccc1COc1ccc(C2OCCCO2)cc1. The lowest BCUT2D eigenvalue weighted by molar-refractivity contribution is -0.183. The van der Waals surface area contributed by atoms with Crippen LogP contribution >= 0.6 is 0 Å². The van der Waals surface area contributed by atoms with Crippen molar-refractivity contribution in [2.45, 2.75) is 19.3 Å². The molecule has 2 aromatic rings. The van der Waals surface area contributed by atoms with Gasteiger partial charge in [0.25, 0.3) is 0 Å². The Morgan fingerprint density at radius 1 is 1.05 bits per heavy atom. The van der Waals surface area contributed by atoms with Crippen molar-refractivity contribution < 1.29 is 14.2 Å². The number of hydrogen-bond donors (Lipinski definition) is 0. The van der Waals surface area contributed by atoms with Gasteiger partial charge in [0.15, 0.2) is 6.29 Å². The van der Waals surface area contributed by atoms with Crippen LogP contribution in [0.1, 0.15) is 29.4 Å². The van der Waals surface area contributed by atoms with E-state index in [-0.39, 0.29) is 6.29 Å². The summed E-state index contributed by atoms with van der Waals surface area (Å²) in [6.45, 7) is 1.83. The third-order valence-corrected chi connectivity index (χ3v) is 3.51. The van der Waals surface area contributed by atoms with Crippen molar-refractivity contribution in [3.05, 3.63) is 65.2 Å². The molecule has 0 aromatic heterocycles. The van der Waals surface area contributed by atoms with Crippen LogP contribution in [0.3, 0.4) is 0 Å². The molecule has 0 radical (unpaired) electrons. The van der Waals surface area contributed by atoms with E-state index in [9.17, 15) is 0 Å². The average Bonchev–Trinajstić information content (AvgIpc) is 2.61. The predicted molar refractivity (Wildman–Crippen MR) is 81.2 cm³/mol. The normalized spacial score (nSPS) is 15.2. The summed E-state index contributed by atoms with van der Waals surface area (Å²) in [6.07, 6.45) is 0.665. The first-order valence-corrected chi connectivity index (χ1v) is 7.31. The number of rotatable bonds is 4. The predicted octanol–water partition coefficient (Wildman–Crippen LogP) is 3.57. The minimum Gasteiger partial charge on any atom is -0.489 e. The molecule has 1 fully saturated rings. The van der Waals surface area contributed by atoms with Gasteiger partial charge in [0.1, 0.15) is 12.4 Å². The summed E-state index contributed by atoms with van der Waals surface area (Å²) in [7, 11) is 0. The zero-order chi connectivity index (χ0) is 15.2. The Morgan fingerprint density at radius 3 is 2.50 bits per heavy atom. The molecule has 0 atom stereocenters. The van der Waals surface area contributed by atoms with E-state index in [2.05, 4.69) is 6.07 Å². The van der Waals surface area contributed by atoms with Crippen LogP contribution < -0.4 is 4.74 Å². The number of nitrogens with zero attached hydrogens (tertiary/aromatic N) is 1. The Balaban J connectivity index is 1.62. The van der Waals surface area contributed by atoms with E-state index in [4.69, 9.17) is 19.5 Å². The lowest BCUT2D eigenvalue weighted by Crippen LogP contribution is -2.17. The summed E-state index contributed by atoms with van der Waals surface area (Å²) in [4.78, 5) is 0. The Bertz CT molecular complexity index is 655.